The van der Waals surface area contributed by atoms with Gasteiger partial charge in [0.25, 0.3) is 0 Å². The molecular formula is C22H34Cl2IN3O2. The molecule has 0 aliphatic carbocycles. The Morgan fingerprint density at radius 3 is 2.70 bits per heavy atom. The van der Waals surface area contributed by atoms with Crippen LogP contribution in [0.4, 0.5) is 0 Å². The van der Waals surface area contributed by atoms with Crippen LogP contribution in [0.2, 0.25) is 10.0 Å². The standard InChI is InChI=1S/C22H33Cl2N3O2.HI/c1-25-22(26-11-4-5-17-7-8-18(23)15-21(17)24)27-12-9-19(10-13-27)29-16-20-6-2-3-14-28-20;/h7-8,15,19-20H,2-6,9-14,16H2,1H3,(H,25,26);1H. The van der Waals surface area contributed by atoms with Crippen LogP contribution in [0.5, 0.6) is 0 Å². The summed E-state index contributed by atoms with van der Waals surface area (Å²) < 4.78 is 11.9. The van der Waals surface area contributed by atoms with Gasteiger partial charge in [0.05, 0.1) is 18.8 Å². The van der Waals surface area contributed by atoms with Crippen LogP contribution in [0.1, 0.15) is 44.1 Å². The number of piperidine rings is 1. The summed E-state index contributed by atoms with van der Waals surface area (Å²) in [6, 6.07) is 5.70. The van der Waals surface area contributed by atoms with E-state index >= 15 is 0 Å². The average molecular weight is 570 g/mol. The van der Waals surface area contributed by atoms with Gasteiger partial charge in [0.15, 0.2) is 5.96 Å². The van der Waals surface area contributed by atoms with Crippen LogP contribution >= 0.6 is 47.2 Å². The number of rotatable bonds is 7. The van der Waals surface area contributed by atoms with Crippen LogP contribution in [-0.2, 0) is 15.9 Å². The van der Waals surface area contributed by atoms with Gasteiger partial charge in [-0.25, -0.2) is 0 Å². The van der Waals surface area contributed by atoms with Crippen molar-refractivity contribution in [1.82, 2.24) is 10.2 Å². The van der Waals surface area contributed by atoms with E-state index in [1.807, 2.05) is 19.2 Å². The van der Waals surface area contributed by atoms with Crippen LogP contribution in [-0.4, -0.2) is 63.0 Å². The molecule has 2 heterocycles. The maximum Gasteiger partial charge on any atom is 0.193 e. The number of hydrogen-bond donors (Lipinski definition) is 1. The van der Waals surface area contributed by atoms with Crippen molar-refractivity contribution in [3.05, 3.63) is 33.8 Å². The summed E-state index contributed by atoms with van der Waals surface area (Å²) in [7, 11) is 1.85. The summed E-state index contributed by atoms with van der Waals surface area (Å²) >= 11 is 12.2. The lowest BCUT2D eigenvalue weighted by Gasteiger charge is -2.35. The number of aliphatic imine (C=N–C) groups is 1. The van der Waals surface area contributed by atoms with Gasteiger partial charge in [-0.05, 0) is 62.6 Å². The number of ether oxygens (including phenoxy) is 2. The Labute approximate surface area is 207 Å². The van der Waals surface area contributed by atoms with E-state index in [1.54, 1.807) is 6.07 Å². The zero-order valence-corrected chi connectivity index (χ0v) is 21.6. The van der Waals surface area contributed by atoms with Gasteiger partial charge in [0.2, 0.25) is 0 Å². The number of likely N-dealkylation sites (tertiary alicyclic amines) is 1. The Morgan fingerprint density at radius 2 is 2.03 bits per heavy atom. The van der Waals surface area contributed by atoms with Crippen LogP contribution < -0.4 is 5.32 Å². The molecule has 0 bridgehead atoms. The third-order valence-electron chi connectivity index (χ3n) is 5.67. The summed E-state index contributed by atoms with van der Waals surface area (Å²) in [6.07, 6.45) is 8.19. The van der Waals surface area contributed by atoms with Crippen LogP contribution in [0, 0.1) is 0 Å². The first kappa shape index (κ1) is 26.0. The number of guanidine groups is 1. The highest BCUT2D eigenvalue weighted by molar-refractivity contribution is 14.0. The molecule has 5 nitrogen and oxygen atoms in total. The van der Waals surface area contributed by atoms with Gasteiger partial charge in [-0.3, -0.25) is 4.99 Å². The van der Waals surface area contributed by atoms with E-state index in [2.05, 4.69) is 15.2 Å². The minimum Gasteiger partial charge on any atom is -0.376 e. The van der Waals surface area contributed by atoms with E-state index < -0.39 is 0 Å². The molecule has 0 saturated carbocycles. The second-order valence-corrected chi connectivity index (χ2v) is 8.67. The molecule has 0 spiro atoms. The third kappa shape index (κ3) is 8.34. The second kappa shape index (κ2) is 14.0. The zero-order chi connectivity index (χ0) is 20.5. The van der Waals surface area contributed by atoms with E-state index in [1.165, 1.54) is 12.8 Å². The molecule has 3 rings (SSSR count). The number of nitrogens with one attached hydrogen (secondary N) is 1. The SMILES string of the molecule is CN=C(NCCCc1ccc(Cl)cc1Cl)N1CCC(OCC2CCCCO2)CC1.I. The molecule has 0 amide bonds. The van der Waals surface area contributed by atoms with Crippen molar-refractivity contribution in [3.8, 4) is 0 Å². The summed E-state index contributed by atoms with van der Waals surface area (Å²) in [5, 5.41) is 4.90. The fourth-order valence-electron chi connectivity index (χ4n) is 3.95. The Morgan fingerprint density at radius 1 is 1.23 bits per heavy atom. The summed E-state index contributed by atoms with van der Waals surface area (Å²) in [6.45, 7) is 4.43. The first-order valence-corrected chi connectivity index (χ1v) is 11.5. The van der Waals surface area contributed by atoms with Crippen molar-refractivity contribution in [1.29, 1.82) is 0 Å². The second-order valence-electron chi connectivity index (χ2n) is 7.82. The number of nitrogens with zero attached hydrogens (tertiary/aromatic N) is 2. The number of aryl methyl sites for hydroxylation is 1. The number of benzene rings is 1. The minimum atomic E-state index is 0. The van der Waals surface area contributed by atoms with Crippen molar-refractivity contribution in [2.75, 3.05) is 39.9 Å². The fourth-order valence-corrected chi connectivity index (χ4v) is 4.46. The van der Waals surface area contributed by atoms with Crippen LogP contribution in [0.15, 0.2) is 23.2 Å². The molecule has 0 aromatic heterocycles. The van der Waals surface area contributed by atoms with Gasteiger partial charge >= 0.3 is 0 Å². The maximum atomic E-state index is 6.25. The summed E-state index contributed by atoms with van der Waals surface area (Å²) in [4.78, 5) is 6.78. The molecule has 2 aliphatic rings. The normalized spacial score (nSPS) is 20.7. The maximum absolute atomic E-state index is 6.25. The predicted octanol–water partition coefficient (Wildman–Crippen LogP) is 5.17. The average Bonchev–Trinajstić information content (AvgIpc) is 2.75. The van der Waals surface area contributed by atoms with Crippen molar-refractivity contribution in [2.24, 2.45) is 4.99 Å². The topological polar surface area (TPSA) is 46.1 Å². The number of hydrogen-bond acceptors (Lipinski definition) is 3. The van der Waals surface area contributed by atoms with Crippen molar-refractivity contribution in [2.45, 2.75) is 57.2 Å². The van der Waals surface area contributed by atoms with Gasteiger partial charge in [0.1, 0.15) is 0 Å². The lowest BCUT2D eigenvalue weighted by Crippen LogP contribution is -2.47. The van der Waals surface area contributed by atoms with Crippen molar-refractivity contribution < 1.29 is 9.47 Å². The summed E-state index contributed by atoms with van der Waals surface area (Å²) in [5.41, 5.74) is 1.13. The molecule has 0 radical (unpaired) electrons. The van der Waals surface area contributed by atoms with Crippen molar-refractivity contribution >= 4 is 53.1 Å². The first-order chi connectivity index (χ1) is 14.2. The van der Waals surface area contributed by atoms with E-state index in [4.69, 9.17) is 32.7 Å². The largest absolute Gasteiger partial charge is 0.376 e. The Bertz CT molecular complexity index is 664. The quantitative estimate of drug-likeness (QED) is 0.213. The molecular weight excluding hydrogens is 536 g/mol. The fraction of sp³-hybridized carbons (Fsp3) is 0.682. The van der Waals surface area contributed by atoms with Crippen LogP contribution in [0.25, 0.3) is 0 Å². The molecule has 1 aromatic carbocycles. The molecule has 30 heavy (non-hydrogen) atoms. The third-order valence-corrected chi connectivity index (χ3v) is 6.25. The predicted molar refractivity (Wildman–Crippen MR) is 136 cm³/mol. The molecule has 2 aliphatic heterocycles. The highest BCUT2D eigenvalue weighted by Gasteiger charge is 2.23. The molecule has 2 saturated heterocycles. The molecule has 2 fully saturated rings. The highest BCUT2D eigenvalue weighted by atomic mass is 127. The molecule has 1 atom stereocenters. The zero-order valence-electron chi connectivity index (χ0n) is 17.7. The monoisotopic (exact) mass is 569 g/mol. The molecule has 1 aromatic rings. The first-order valence-electron chi connectivity index (χ1n) is 10.8. The molecule has 170 valence electrons. The molecule has 1 N–H and O–H groups in total. The minimum absolute atomic E-state index is 0. The lowest BCUT2D eigenvalue weighted by atomic mass is 10.1. The lowest BCUT2D eigenvalue weighted by molar-refractivity contribution is -0.0721. The van der Waals surface area contributed by atoms with Gasteiger partial charge in [-0.1, -0.05) is 29.3 Å². The van der Waals surface area contributed by atoms with Crippen LogP contribution in [0.3, 0.4) is 0 Å². The van der Waals surface area contributed by atoms with E-state index in [9.17, 15) is 0 Å². The highest BCUT2D eigenvalue weighted by Crippen LogP contribution is 2.22. The Hall–Kier alpha value is -0.280. The van der Waals surface area contributed by atoms with Gasteiger partial charge < -0.3 is 19.7 Å². The van der Waals surface area contributed by atoms with Gasteiger partial charge in [0, 0.05) is 43.3 Å². The van der Waals surface area contributed by atoms with Gasteiger partial charge in [-0.2, -0.15) is 0 Å². The number of halogens is 3. The summed E-state index contributed by atoms with van der Waals surface area (Å²) in [5.74, 6) is 0.973. The smallest absolute Gasteiger partial charge is 0.193 e. The Kier molecular flexibility index (Phi) is 12.1. The molecule has 1 unspecified atom stereocenters. The van der Waals surface area contributed by atoms with Crippen molar-refractivity contribution in [3.63, 3.8) is 0 Å². The van der Waals surface area contributed by atoms with E-state index in [0.717, 1.165) is 81.5 Å². The van der Waals surface area contributed by atoms with Gasteiger partial charge in [-0.15, -0.1) is 24.0 Å². The van der Waals surface area contributed by atoms with E-state index in [-0.39, 0.29) is 24.0 Å². The Balaban J connectivity index is 0.00000320. The molecule has 8 heteroatoms. The van der Waals surface area contributed by atoms with E-state index in [0.29, 0.717) is 17.2 Å².